The van der Waals surface area contributed by atoms with E-state index in [0.717, 1.165) is 22.5 Å². The number of nitrogens with zero attached hydrogens (tertiary/aromatic N) is 2. The Bertz CT molecular complexity index is 824. The number of nitrogens with one attached hydrogen (secondary N) is 1. The number of hydrogen-bond acceptors (Lipinski definition) is 2. The summed E-state index contributed by atoms with van der Waals surface area (Å²) in [5.41, 5.74) is 11.2. The van der Waals surface area contributed by atoms with Crippen LogP contribution in [0.3, 0.4) is 0 Å². The molecule has 0 aliphatic heterocycles. The van der Waals surface area contributed by atoms with E-state index in [1.807, 2.05) is 60.7 Å². The molecule has 4 heteroatoms. The first kappa shape index (κ1) is 15.7. The molecule has 0 amide bonds. The third-order valence-corrected chi connectivity index (χ3v) is 3.64. The van der Waals surface area contributed by atoms with E-state index in [9.17, 15) is 0 Å². The van der Waals surface area contributed by atoms with Gasteiger partial charge in [-0.15, -0.1) is 0 Å². The molecule has 0 saturated heterocycles. The largest absolute Gasteiger partial charge is 0.370 e. The Hall–Kier alpha value is -3.14. The van der Waals surface area contributed by atoms with Crippen molar-refractivity contribution in [2.75, 3.05) is 5.32 Å². The van der Waals surface area contributed by atoms with E-state index >= 15 is 0 Å². The third kappa shape index (κ3) is 4.20. The molecule has 0 unspecified atom stereocenters. The summed E-state index contributed by atoms with van der Waals surface area (Å²) < 4.78 is 0. The van der Waals surface area contributed by atoms with Gasteiger partial charge in [-0.3, -0.25) is 4.98 Å². The Morgan fingerprint density at radius 3 is 2.62 bits per heavy atom. The quantitative estimate of drug-likeness (QED) is 0.565. The van der Waals surface area contributed by atoms with Gasteiger partial charge in [0.2, 0.25) is 0 Å². The fraction of sp³-hybridized carbons (Fsp3) is 0.100. The Morgan fingerprint density at radius 1 is 1.04 bits per heavy atom. The van der Waals surface area contributed by atoms with Gasteiger partial charge in [-0.1, -0.05) is 42.0 Å². The average Bonchev–Trinajstić information content (AvgIpc) is 2.63. The van der Waals surface area contributed by atoms with Crippen LogP contribution in [-0.4, -0.2) is 10.9 Å². The molecule has 0 radical (unpaired) electrons. The smallest absolute Gasteiger partial charge is 0.193 e. The summed E-state index contributed by atoms with van der Waals surface area (Å²) in [5.74, 6) is 0.405. The molecule has 120 valence electrons. The number of pyridine rings is 1. The maximum atomic E-state index is 5.97. The van der Waals surface area contributed by atoms with Crippen molar-refractivity contribution in [2.24, 2.45) is 10.7 Å². The van der Waals surface area contributed by atoms with Crippen molar-refractivity contribution >= 4 is 11.6 Å². The Balaban J connectivity index is 1.68. The number of benzene rings is 2. The van der Waals surface area contributed by atoms with Gasteiger partial charge in [0.05, 0.1) is 12.2 Å². The standard InChI is InChI=1S/C20H20N4/c1-15-8-10-18(11-9-15)24-20(21)23-14-16-5-4-6-17(13-16)19-7-2-3-12-22-19/h2-13H,14H2,1H3,(H3,21,23,24). The molecule has 0 atom stereocenters. The number of anilines is 1. The monoisotopic (exact) mass is 316 g/mol. The van der Waals surface area contributed by atoms with Crippen molar-refractivity contribution in [3.63, 3.8) is 0 Å². The molecule has 24 heavy (non-hydrogen) atoms. The van der Waals surface area contributed by atoms with Gasteiger partial charge in [0.1, 0.15) is 0 Å². The molecule has 0 fully saturated rings. The zero-order valence-electron chi connectivity index (χ0n) is 13.6. The van der Waals surface area contributed by atoms with E-state index in [-0.39, 0.29) is 0 Å². The number of hydrogen-bond donors (Lipinski definition) is 2. The maximum absolute atomic E-state index is 5.97. The van der Waals surface area contributed by atoms with Crippen LogP contribution in [0, 0.1) is 6.92 Å². The molecule has 0 spiro atoms. The first-order valence-electron chi connectivity index (χ1n) is 7.85. The molecular weight excluding hydrogens is 296 g/mol. The van der Waals surface area contributed by atoms with Crippen molar-refractivity contribution in [3.8, 4) is 11.3 Å². The molecule has 4 nitrogen and oxygen atoms in total. The van der Waals surface area contributed by atoms with Crippen LogP contribution in [-0.2, 0) is 6.54 Å². The van der Waals surface area contributed by atoms with E-state index in [2.05, 4.69) is 28.3 Å². The predicted molar refractivity (Wildman–Crippen MR) is 99.8 cm³/mol. The lowest BCUT2D eigenvalue weighted by atomic mass is 10.1. The van der Waals surface area contributed by atoms with E-state index in [0.29, 0.717) is 12.5 Å². The number of nitrogens with two attached hydrogens (primary N) is 1. The van der Waals surface area contributed by atoms with E-state index in [1.165, 1.54) is 5.56 Å². The number of aryl methyl sites for hydroxylation is 1. The second kappa shape index (κ2) is 7.42. The van der Waals surface area contributed by atoms with Gasteiger partial charge < -0.3 is 11.1 Å². The van der Waals surface area contributed by atoms with Crippen molar-refractivity contribution in [3.05, 3.63) is 84.1 Å². The lowest BCUT2D eigenvalue weighted by molar-refractivity contribution is 1.06. The molecular formula is C20H20N4. The molecule has 3 rings (SSSR count). The van der Waals surface area contributed by atoms with Gasteiger partial charge in [-0.2, -0.15) is 0 Å². The average molecular weight is 316 g/mol. The SMILES string of the molecule is Cc1ccc(NC(N)=NCc2cccc(-c3ccccn3)c2)cc1. The molecule has 0 saturated carbocycles. The lowest BCUT2D eigenvalue weighted by Gasteiger charge is -2.07. The van der Waals surface area contributed by atoms with Crippen molar-refractivity contribution in [1.29, 1.82) is 0 Å². The van der Waals surface area contributed by atoms with Crippen molar-refractivity contribution < 1.29 is 0 Å². The Labute approximate surface area is 142 Å². The highest BCUT2D eigenvalue weighted by Crippen LogP contribution is 2.18. The molecule has 0 aliphatic carbocycles. The number of rotatable bonds is 4. The topological polar surface area (TPSA) is 63.3 Å². The molecule has 1 heterocycles. The minimum atomic E-state index is 0.405. The summed E-state index contributed by atoms with van der Waals surface area (Å²) in [4.78, 5) is 8.79. The van der Waals surface area contributed by atoms with Crippen LogP contribution in [0.2, 0.25) is 0 Å². The molecule has 3 aromatic rings. The van der Waals surface area contributed by atoms with Gasteiger partial charge in [0, 0.05) is 17.4 Å². The first-order chi connectivity index (χ1) is 11.7. The van der Waals surface area contributed by atoms with Crippen LogP contribution in [0.25, 0.3) is 11.3 Å². The zero-order chi connectivity index (χ0) is 16.8. The van der Waals surface area contributed by atoms with Crippen LogP contribution in [0.15, 0.2) is 77.9 Å². The van der Waals surface area contributed by atoms with Crippen LogP contribution in [0.5, 0.6) is 0 Å². The van der Waals surface area contributed by atoms with E-state index < -0.39 is 0 Å². The van der Waals surface area contributed by atoms with Gasteiger partial charge >= 0.3 is 0 Å². The van der Waals surface area contributed by atoms with Gasteiger partial charge in [0.15, 0.2) is 5.96 Å². The Morgan fingerprint density at radius 2 is 1.88 bits per heavy atom. The van der Waals surface area contributed by atoms with Gasteiger partial charge in [-0.05, 0) is 42.8 Å². The summed E-state index contributed by atoms with van der Waals surface area (Å²) in [7, 11) is 0. The molecule has 2 aromatic carbocycles. The van der Waals surface area contributed by atoms with Crippen LogP contribution < -0.4 is 11.1 Å². The molecule has 1 aromatic heterocycles. The Kier molecular flexibility index (Phi) is 4.87. The van der Waals surface area contributed by atoms with E-state index in [4.69, 9.17) is 5.73 Å². The van der Waals surface area contributed by atoms with Crippen LogP contribution in [0.1, 0.15) is 11.1 Å². The summed E-state index contributed by atoms with van der Waals surface area (Å²) in [6.07, 6.45) is 1.80. The number of guanidine groups is 1. The minimum Gasteiger partial charge on any atom is -0.370 e. The normalized spacial score (nSPS) is 11.3. The highest BCUT2D eigenvalue weighted by Gasteiger charge is 2.00. The first-order valence-corrected chi connectivity index (χ1v) is 7.85. The number of aliphatic imine (C=N–C) groups is 1. The number of aromatic nitrogens is 1. The fourth-order valence-corrected chi connectivity index (χ4v) is 2.36. The van der Waals surface area contributed by atoms with Crippen molar-refractivity contribution in [2.45, 2.75) is 13.5 Å². The zero-order valence-corrected chi connectivity index (χ0v) is 13.6. The summed E-state index contributed by atoms with van der Waals surface area (Å²) in [5, 5.41) is 3.10. The highest BCUT2D eigenvalue weighted by atomic mass is 15.1. The summed E-state index contributed by atoms with van der Waals surface area (Å²) in [6.45, 7) is 2.57. The fourth-order valence-electron chi connectivity index (χ4n) is 2.36. The predicted octanol–water partition coefficient (Wildman–Crippen LogP) is 3.98. The third-order valence-electron chi connectivity index (χ3n) is 3.64. The van der Waals surface area contributed by atoms with Crippen LogP contribution in [0.4, 0.5) is 5.69 Å². The highest BCUT2D eigenvalue weighted by molar-refractivity contribution is 5.92. The summed E-state index contributed by atoms with van der Waals surface area (Å²) in [6, 6.07) is 22.1. The second-order valence-electron chi connectivity index (χ2n) is 5.61. The van der Waals surface area contributed by atoms with Crippen LogP contribution >= 0.6 is 0 Å². The maximum Gasteiger partial charge on any atom is 0.193 e. The van der Waals surface area contributed by atoms with Gasteiger partial charge in [0.25, 0.3) is 0 Å². The molecule has 3 N–H and O–H groups in total. The minimum absolute atomic E-state index is 0.405. The summed E-state index contributed by atoms with van der Waals surface area (Å²) >= 11 is 0. The van der Waals surface area contributed by atoms with Gasteiger partial charge in [-0.25, -0.2) is 4.99 Å². The molecule has 0 bridgehead atoms. The van der Waals surface area contributed by atoms with Crippen molar-refractivity contribution in [1.82, 2.24) is 4.98 Å². The molecule has 0 aliphatic rings. The van der Waals surface area contributed by atoms with E-state index in [1.54, 1.807) is 6.20 Å². The lowest BCUT2D eigenvalue weighted by Crippen LogP contribution is -2.22. The second-order valence-corrected chi connectivity index (χ2v) is 5.61.